The molecule has 0 fully saturated rings. The fraction of sp³-hybridized carbons (Fsp3) is 0.400. The predicted octanol–water partition coefficient (Wildman–Crippen LogP) is 2.60. The van der Waals surface area contributed by atoms with Crippen molar-refractivity contribution in [1.82, 2.24) is 4.98 Å². The number of carbonyl (C=O) groups excluding carboxylic acids is 1. The van der Waals surface area contributed by atoms with Gasteiger partial charge in [0.25, 0.3) is 0 Å². The molecule has 0 radical (unpaired) electrons. The van der Waals surface area contributed by atoms with E-state index in [1.807, 2.05) is 0 Å². The van der Waals surface area contributed by atoms with Crippen LogP contribution in [0.1, 0.15) is 12.5 Å². The van der Waals surface area contributed by atoms with E-state index in [0.717, 1.165) is 6.07 Å². The highest BCUT2D eigenvalue weighted by Gasteiger charge is 2.36. The smallest absolute Gasteiger partial charge is 0.466 e. The van der Waals surface area contributed by atoms with E-state index in [0.29, 0.717) is 0 Å². The second-order valence-corrected chi connectivity index (χ2v) is 4.57. The predicted molar refractivity (Wildman–Crippen MR) is 70.6 cm³/mol. The van der Waals surface area contributed by atoms with Gasteiger partial charge in [-0.2, -0.15) is 0 Å². The summed E-state index contributed by atoms with van der Waals surface area (Å²) in [5.41, 5.74) is 0.0406. The summed E-state index contributed by atoms with van der Waals surface area (Å²) in [6.07, 6.45) is -5.48. The van der Waals surface area contributed by atoms with Crippen molar-refractivity contribution in [3.8, 4) is 5.75 Å². The highest BCUT2D eigenvalue weighted by Crippen LogP contribution is 2.32. The van der Waals surface area contributed by atoms with Crippen LogP contribution in [-0.4, -0.2) is 28.8 Å². The Balaban J connectivity index is 3.20. The van der Waals surface area contributed by atoms with E-state index in [-0.39, 0.29) is 22.3 Å². The van der Waals surface area contributed by atoms with Crippen molar-refractivity contribution in [3.63, 3.8) is 0 Å². The Morgan fingerprint density at radius 1 is 1.52 bits per heavy atom. The van der Waals surface area contributed by atoms with Gasteiger partial charge in [-0.3, -0.25) is 4.79 Å². The molecule has 1 heterocycles. The van der Waals surface area contributed by atoms with Crippen molar-refractivity contribution in [1.29, 1.82) is 0 Å². The van der Waals surface area contributed by atoms with Crippen LogP contribution in [0.4, 0.5) is 19.0 Å². The van der Waals surface area contributed by atoms with Gasteiger partial charge in [-0.1, -0.05) is 0 Å². The highest BCUT2D eigenvalue weighted by molar-refractivity contribution is 14.1. The minimum absolute atomic E-state index is 0.0156. The normalized spacial score (nSPS) is 11.1. The summed E-state index contributed by atoms with van der Waals surface area (Å²) < 4.78 is 44.9. The molecule has 1 aromatic rings. The van der Waals surface area contributed by atoms with Gasteiger partial charge in [-0.15, -0.1) is 13.2 Å². The maximum atomic E-state index is 12.2. The first kappa shape index (κ1) is 17.4. The topological polar surface area (TPSA) is 91.6 Å². The summed E-state index contributed by atoms with van der Waals surface area (Å²) in [7, 11) is 0. The van der Waals surface area contributed by atoms with E-state index in [2.05, 4.69) is 14.5 Å². The molecule has 0 amide bonds. The van der Waals surface area contributed by atoms with Crippen LogP contribution >= 0.6 is 22.6 Å². The summed E-state index contributed by atoms with van der Waals surface area (Å²) in [5, 5.41) is 10.7. The first-order valence-corrected chi connectivity index (χ1v) is 6.47. The van der Waals surface area contributed by atoms with E-state index in [1.54, 1.807) is 29.5 Å². The van der Waals surface area contributed by atoms with Crippen LogP contribution in [0, 0.1) is 13.8 Å². The molecule has 1 aromatic heterocycles. The molecule has 21 heavy (non-hydrogen) atoms. The second-order valence-electron chi connectivity index (χ2n) is 3.55. The van der Waals surface area contributed by atoms with E-state index < -0.39 is 28.8 Å². The zero-order valence-electron chi connectivity index (χ0n) is 10.4. The molecule has 0 aliphatic rings. The van der Waals surface area contributed by atoms with Gasteiger partial charge in [0.1, 0.15) is 0 Å². The zero-order chi connectivity index (χ0) is 16.2. The van der Waals surface area contributed by atoms with Gasteiger partial charge in [-0.25, -0.2) is 0 Å². The maximum absolute atomic E-state index is 12.2. The number of nitrogens with zero attached hydrogens (tertiary/aromatic N) is 2. The first-order valence-electron chi connectivity index (χ1n) is 5.39. The molecule has 11 heteroatoms. The van der Waals surface area contributed by atoms with Gasteiger partial charge in [0.05, 0.1) is 13.0 Å². The number of alkyl halides is 3. The number of hydrogen-bond acceptors (Lipinski definition) is 6. The largest absolute Gasteiger partial charge is 0.573 e. The Hall–Kier alpha value is -1.66. The summed E-state index contributed by atoms with van der Waals surface area (Å²) in [6.45, 7) is 1.66. The monoisotopic (exact) mass is 420 g/mol. The first-order chi connectivity index (χ1) is 9.64. The lowest BCUT2D eigenvalue weighted by atomic mass is 10.2. The van der Waals surface area contributed by atoms with E-state index in [1.165, 1.54) is 0 Å². The number of halogens is 4. The molecule has 1 rings (SSSR count). The molecule has 0 spiro atoms. The number of rotatable bonds is 5. The Bertz CT molecular complexity index is 564. The minimum atomic E-state index is -5.11. The lowest BCUT2D eigenvalue weighted by Crippen LogP contribution is -2.19. The van der Waals surface area contributed by atoms with E-state index >= 15 is 0 Å². The van der Waals surface area contributed by atoms with Gasteiger partial charge < -0.3 is 19.6 Å². The van der Waals surface area contributed by atoms with Crippen molar-refractivity contribution in [2.24, 2.45) is 0 Å². The summed E-state index contributed by atoms with van der Waals surface area (Å²) in [5.74, 6) is -2.85. The quantitative estimate of drug-likeness (QED) is 0.239. The third kappa shape index (κ3) is 5.32. The fourth-order valence-electron chi connectivity index (χ4n) is 1.32. The average Bonchev–Trinajstić information content (AvgIpc) is 2.31. The fourth-order valence-corrected chi connectivity index (χ4v) is 1.90. The van der Waals surface area contributed by atoms with E-state index in [4.69, 9.17) is 0 Å². The maximum Gasteiger partial charge on any atom is 0.573 e. The number of esters is 1. The van der Waals surface area contributed by atoms with Crippen LogP contribution in [0.25, 0.3) is 0 Å². The van der Waals surface area contributed by atoms with Crippen molar-refractivity contribution in [2.75, 3.05) is 6.61 Å². The second kappa shape index (κ2) is 6.87. The molecule has 0 aromatic carbocycles. The average molecular weight is 420 g/mol. The molecule has 0 N–H and O–H groups in total. The standard InChI is InChI=1S/C10H8F3IN2O5/c1-2-20-7(17)4-5-3-6(21-10(11,12)13)9(16(18)19)15-8(5)14/h3H,2,4H2,1H3. The van der Waals surface area contributed by atoms with Gasteiger partial charge in [-0.05, 0) is 22.9 Å². The van der Waals surface area contributed by atoms with Crippen LogP contribution in [0.3, 0.4) is 0 Å². The van der Waals surface area contributed by atoms with Gasteiger partial charge in [0.15, 0.2) is 0 Å². The highest BCUT2D eigenvalue weighted by atomic mass is 127. The zero-order valence-corrected chi connectivity index (χ0v) is 12.6. The Kier molecular flexibility index (Phi) is 5.69. The lowest BCUT2D eigenvalue weighted by Gasteiger charge is -2.10. The molecule has 0 aliphatic heterocycles. The molecule has 0 aliphatic carbocycles. The lowest BCUT2D eigenvalue weighted by molar-refractivity contribution is -0.393. The van der Waals surface area contributed by atoms with Crippen molar-refractivity contribution >= 4 is 34.4 Å². The van der Waals surface area contributed by atoms with Gasteiger partial charge in [0, 0.05) is 28.2 Å². The van der Waals surface area contributed by atoms with Gasteiger partial charge >= 0.3 is 18.1 Å². The minimum Gasteiger partial charge on any atom is -0.466 e. The SMILES string of the molecule is CCOC(=O)Cc1cc(OC(F)(F)F)c([N+](=O)[O-])nc1I. The number of carbonyl (C=O) groups is 1. The summed E-state index contributed by atoms with van der Waals surface area (Å²) >= 11 is 1.57. The van der Waals surface area contributed by atoms with Crippen molar-refractivity contribution in [2.45, 2.75) is 19.7 Å². The Morgan fingerprint density at radius 3 is 2.62 bits per heavy atom. The van der Waals surface area contributed by atoms with Crippen LogP contribution in [0.5, 0.6) is 5.75 Å². The number of nitro groups is 1. The number of hydrogen-bond donors (Lipinski definition) is 0. The van der Waals surface area contributed by atoms with Gasteiger partial charge in [0.2, 0.25) is 9.45 Å². The summed E-state index contributed by atoms with van der Waals surface area (Å²) in [6, 6.07) is 0.761. The Morgan fingerprint density at radius 2 is 2.14 bits per heavy atom. The molecule has 0 bridgehead atoms. The molecule has 0 saturated carbocycles. The molecular formula is C10H8F3IN2O5. The third-order valence-corrected chi connectivity index (χ3v) is 2.97. The molecular weight excluding hydrogens is 412 g/mol. The van der Waals surface area contributed by atoms with E-state index in [9.17, 15) is 28.1 Å². The van der Waals surface area contributed by atoms with Crippen LogP contribution < -0.4 is 4.74 Å². The summed E-state index contributed by atoms with van der Waals surface area (Å²) in [4.78, 5) is 24.4. The number of ether oxygens (including phenoxy) is 2. The van der Waals surface area contributed by atoms with Crippen LogP contribution in [-0.2, 0) is 16.0 Å². The van der Waals surface area contributed by atoms with Crippen molar-refractivity contribution < 1.29 is 32.4 Å². The Labute approximate surface area is 129 Å². The molecule has 0 unspecified atom stereocenters. The number of pyridine rings is 1. The van der Waals surface area contributed by atoms with Crippen LogP contribution in [0.15, 0.2) is 6.07 Å². The molecule has 116 valence electrons. The van der Waals surface area contributed by atoms with Crippen molar-refractivity contribution in [3.05, 3.63) is 25.4 Å². The number of aromatic nitrogens is 1. The third-order valence-electron chi connectivity index (χ3n) is 2.03. The molecule has 7 nitrogen and oxygen atoms in total. The molecule has 0 atom stereocenters. The van der Waals surface area contributed by atoms with Crippen LogP contribution in [0.2, 0.25) is 0 Å². The molecule has 0 saturated heterocycles.